The molecule has 2 atom stereocenters. The molecule has 1 aliphatic rings. The Balaban J connectivity index is 1.72. The molecule has 0 bridgehead atoms. The fourth-order valence-electron chi connectivity index (χ4n) is 2.83. The maximum Gasteiger partial charge on any atom is 0.195 e. The Hall–Kier alpha value is -2.23. The molecule has 3 rings (SSSR count). The highest BCUT2D eigenvalue weighted by atomic mass is 16.3. The minimum absolute atomic E-state index is 0.197. The predicted octanol–water partition coefficient (Wildman–Crippen LogP) is 3.58. The van der Waals surface area contributed by atoms with Gasteiger partial charge in [0.1, 0.15) is 11.8 Å². The summed E-state index contributed by atoms with van der Waals surface area (Å²) in [6.07, 6.45) is 2.81. The van der Waals surface area contributed by atoms with Crippen molar-refractivity contribution in [1.82, 2.24) is 10.2 Å². The highest BCUT2D eigenvalue weighted by Gasteiger charge is 2.33. The molecule has 2 aromatic rings. The highest BCUT2D eigenvalue weighted by molar-refractivity contribution is 5.82. The first-order valence-corrected chi connectivity index (χ1v) is 7.93. The average molecular weight is 297 g/mol. The SMILES string of the molecule is CCC(C)N1C(NCc2ccccc2)=NCC1c1ccco1. The third kappa shape index (κ3) is 3.01. The van der Waals surface area contributed by atoms with Gasteiger partial charge in [-0.25, -0.2) is 0 Å². The van der Waals surface area contributed by atoms with Crippen molar-refractivity contribution in [2.24, 2.45) is 4.99 Å². The number of furan rings is 1. The Morgan fingerprint density at radius 3 is 2.77 bits per heavy atom. The molecule has 1 N–H and O–H groups in total. The maximum atomic E-state index is 5.61. The van der Waals surface area contributed by atoms with Crippen LogP contribution >= 0.6 is 0 Å². The first kappa shape index (κ1) is 14.7. The standard InChI is InChI=1S/C18H23N3O/c1-3-14(2)21-16(17-10-7-11-22-17)13-20-18(21)19-12-15-8-5-4-6-9-15/h4-11,14,16H,3,12-13H2,1-2H3,(H,19,20). The van der Waals surface area contributed by atoms with Gasteiger partial charge in [-0.05, 0) is 31.0 Å². The molecule has 1 aromatic heterocycles. The number of hydrogen-bond donors (Lipinski definition) is 1. The van der Waals surface area contributed by atoms with Crippen molar-refractivity contribution in [2.75, 3.05) is 6.54 Å². The molecule has 1 aromatic carbocycles. The second-order valence-electron chi connectivity index (χ2n) is 5.70. The van der Waals surface area contributed by atoms with Gasteiger partial charge in [0.25, 0.3) is 0 Å². The molecule has 0 saturated carbocycles. The third-order valence-corrected chi connectivity index (χ3v) is 4.23. The lowest BCUT2D eigenvalue weighted by Crippen LogP contribution is -2.44. The van der Waals surface area contributed by atoms with Gasteiger partial charge >= 0.3 is 0 Å². The molecule has 4 nitrogen and oxygen atoms in total. The van der Waals surface area contributed by atoms with E-state index in [0.717, 1.165) is 31.2 Å². The van der Waals surface area contributed by atoms with Crippen LogP contribution in [-0.4, -0.2) is 23.4 Å². The van der Waals surface area contributed by atoms with Gasteiger partial charge in [-0.3, -0.25) is 4.99 Å². The van der Waals surface area contributed by atoms with Crippen molar-refractivity contribution in [3.63, 3.8) is 0 Å². The molecule has 0 saturated heterocycles. The van der Waals surface area contributed by atoms with Crippen molar-refractivity contribution >= 4 is 5.96 Å². The van der Waals surface area contributed by atoms with Crippen LogP contribution in [0.15, 0.2) is 58.1 Å². The number of benzene rings is 1. The normalized spacial score (nSPS) is 19.1. The molecule has 0 aliphatic carbocycles. The number of nitrogens with zero attached hydrogens (tertiary/aromatic N) is 2. The first-order chi connectivity index (χ1) is 10.8. The van der Waals surface area contributed by atoms with E-state index in [2.05, 4.69) is 48.3 Å². The number of rotatable bonds is 5. The van der Waals surface area contributed by atoms with Crippen LogP contribution in [0.5, 0.6) is 0 Å². The van der Waals surface area contributed by atoms with E-state index in [9.17, 15) is 0 Å². The summed E-state index contributed by atoms with van der Waals surface area (Å²) in [6, 6.07) is 15.0. The van der Waals surface area contributed by atoms with Crippen molar-refractivity contribution in [3.05, 3.63) is 60.1 Å². The van der Waals surface area contributed by atoms with Gasteiger partial charge in [-0.2, -0.15) is 0 Å². The summed E-state index contributed by atoms with van der Waals surface area (Å²) in [7, 11) is 0. The lowest BCUT2D eigenvalue weighted by Gasteiger charge is -2.32. The van der Waals surface area contributed by atoms with Crippen molar-refractivity contribution in [2.45, 2.75) is 38.9 Å². The summed E-state index contributed by atoms with van der Waals surface area (Å²) in [5, 5.41) is 3.49. The lowest BCUT2D eigenvalue weighted by atomic mass is 10.1. The topological polar surface area (TPSA) is 40.8 Å². The maximum absolute atomic E-state index is 5.61. The number of nitrogens with one attached hydrogen (secondary N) is 1. The van der Waals surface area contributed by atoms with Crippen LogP contribution in [0.1, 0.15) is 37.6 Å². The van der Waals surface area contributed by atoms with Gasteiger partial charge in [0, 0.05) is 12.6 Å². The van der Waals surface area contributed by atoms with Crippen LogP contribution < -0.4 is 5.32 Å². The molecule has 0 spiro atoms. The van der Waals surface area contributed by atoms with Crippen molar-refractivity contribution < 1.29 is 4.42 Å². The Morgan fingerprint density at radius 1 is 1.27 bits per heavy atom. The van der Waals surface area contributed by atoms with Gasteiger partial charge < -0.3 is 14.6 Å². The van der Waals surface area contributed by atoms with Crippen molar-refractivity contribution in [3.8, 4) is 0 Å². The van der Waals surface area contributed by atoms with E-state index in [1.54, 1.807) is 6.26 Å². The zero-order valence-electron chi connectivity index (χ0n) is 13.2. The number of aliphatic imine (C=N–C) groups is 1. The van der Waals surface area contributed by atoms with Crippen LogP contribution in [-0.2, 0) is 6.54 Å². The summed E-state index contributed by atoms with van der Waals surface area (Å²) < 4.78 is 5.61. The van der Waals surface area contributed by atoms with E-state index in [1.165, 1.54) is 5.56 Å². The highest BCUT2D eigenvalue weighted by Crippen LogP contribution is 2.29. The van der Waals surface area contributed by atoms with Gasteiger partial charge in [0.05, 0.1) is 12.8 Å². The predicted molar refractivity (Wildman–Crippen MR) is 88.6 cm³/mol. The van der Waals surface area contributed by atoms with Crippen LogP contribution in [0.3, 0.4) is 0 Å². The molecular weight excluding hydrogens is 274 g/mol. The average Bonchev–Trinajstić information content (AvgIpc) is 3.22. The summed E-state index contributed by atoms with van der Waals surface area (Å²) in [4.78, 5) is 7.06. The largest absolute Gasteiger partial charge is 0.467 e. The molecule has 0 amide bonds. The minimum Gasteiger partial charge on any atom is -0.467 e. The second-order valence-corrected chi connectivity index (χ2v) is 5.70. The molecule has 0 fully saturated rings. The summed E-state index contributed by atoms with van der Waals surface area (Å²) in [6.45, 7) is 5.98. The van der Waals surface area contributed by atoms with Crippen molar-refractivity contribution in [1.29, 1.82) is 0 Å². The van der Waals surface area contributed by atoms with E-state index in [-0.39, 0.29) is 6.04 Å². The Morgan fingerprint density at radius 2 is 2.09 bits per heavy atom. The summed E-state index contributed by atoms with van der Waals surface area (Å²) in [5.41, 5.74) is 1.26. The Labute approximate surface area is 131 Å². The lowest BCUT2D eigenvalue weighted by molar-refractivity contribution is 0.236. The van der Waals surface area contributed by atoms with Crippen LogP contribution in [0.25, 0.3) is 0 Å². The first-order valence-electron chi connectivity index (χ1n) is 7.93. The number of hydrogen-bond acceptors (Lipinski definition) is 4. The van der Waals surface area contributed by atoms with Crippen LogP contribution in [0, 0.1) is 0 Å². The molecule has 22 heavy (non-hydrogen) atoms. The van der Waals surface area contributed by atoms with Gasteiger partial charge in [-0.15, -0.1) is 0 Å². The molecular formula is C18H23N3O. The molecule has 1 aliphatic heterocycles. The summed E-state index contributed by atoms with van der Waals surface area (Å²) >= 11 is 0. The smallest absolute Gasteiger partial charge is 0.195 e. The van der Waals surface area contributed by atoms with Gasteiger partial charge in [0.15, 0.2) is 5.96 Å². The second kappa shape index (κ2) is 6.69. The molecule has 2 unspecified atom stereocenters. The quantitative estimate of drug-likeness (QED) is 0.917. The van der Waals surface area contributed by atoms with E-state index in [1.807, 2.05) is 18.2 Å². The monoisotopic (exact) mass is 297 g/mol. The Kier molecular flexibility index (Phi) is 4.47. The van der Waals surface area contributed by atoms with E-state index >= 15 is 0 Å². The van der Waals surface area contributed by atoms with Gasteiger partial charge in [0.2, 0.25) is 0 Å². The van der Waals surface area contributed by atoms with Crippen LogP contribution in [0.4, 0.5) is 0 Å². The molecule has 116 valence electrons. The van der Waals surface area contributed by atoms with E-state index in [4.69, 9.17) is 9.41 Å². The number of guanidine groups is 1. The molecule has 0 radical (unpaired) electrons. The molecule has 2 heterocycles. The van der Waals surface area contributed by atoms with E-state index in [0.29, 0.717) is 6.04 Å². The fourth-order valence-corrected chi connectivity index (χ4v) is 2.83. The summed E-state index contributed by atoms with van der Waals surface area (Å²) in [5.74, 6) is 1.96. The zero-order valence-corrected chi connectivity index (χ0v) is 13.2. The fraction of sp³-hybridized carbons (Fsp3) is 0.389. The zero-order chi connectivity index (χ0) is 15.4. The third-order valence-electron chi connectivity index (χ3n) is 4.23. The molecule has 4 heteroatoms. The van der Waals surface area contributed by atoms with Gasteiger partial charge in [-0.1, -0.05) is 37.3 Å². The van der Waals surface area contributed by atoms with E-state index < -0.39 is 0 Å². The Bertz CT molecular complexity index is 607. The van der Waals surface area contributed by atoms with Crippen LogP contribution in [0.2, 0.25) is 0 Å². The minimum atomic E-state index is 0.197.